The summed E-state index contributed by atoms with van der Waals surface area (Å²) in [5.41, 5.74) is 0.829. The molecule has 0 saturated carbocycles. The van der Waals surface area contributed by atoms with Crippen LogP contribution < -0.4 is 10.9 Å². The van der Waals surface area contributed by atoms with Crippen molar-refractivity contribution in [2.75, 3.05) is 18.9 Å². The molecule has 1 saturated heterocycles. The van der Waals surface area contributed by atoms with Gasteiger partial charge in [-0.2, -0.15) is 5.10 Å². The zero-order chi connectivity index (χ0) is 20.7. The minimum atomic E-state index is -0.347. The van der Waals surface area contributed by atoms with Gasteiger partial charge in [0.05, 0.1) is 24.0 Å². The van der Waals surface area contributed by atoms with Crippen LogP contribution in [0.25, 0.3) is 16.7 Å². The summed E-state index contributed by atoms with van der Waals surface area (Å²) < 4.78 is 21.9. The average Bonchev–Trinajstić information content (AvgIpc) is 3.48. The van der Waals surface area contributed by atoms with Gasteiger partial charge in [0.25, 0.3) is 5.56 Å². The molecule has 0 aliphatic carbocycles. The summed E-state index contributed by atoms with van der Waals surface area (Å²) in [5.74, 6) is 0.157. The highest BCUT2D eigenvalue weighted by Gasteiger charge is 2.30. The molecule has 0 spiro atoms. The second-order valence-electron chi connectivity index (χ2n) is 7.45. The van der Waals surface area contributed by atoms with Crippen LogP contribution in [-0.4, -0.2) is 50.2 Å². The Hall–Kier alpha value is -2.72. The Balaban J connectivity index is 1.39. The lowest BCUT2D eigenvalue weighted by atomic mass is 10.2. The summed E-state index contributed by atoms with van der Waals surface area (Å²) >= 11 is 1.45. The highest BCUT2D eigenvalue weighted by Crippen LogP contribution is 2.33. The van der Waals surface area contributed by atoms with E-state index < -0.39 is 0 Å². The van der Waals surface area contributed by atoms with Crippen molar-refractivity contribution in [3.63, 3.8) is 0 Å². The largest absolute Gasteiger partial charge is 0.376 e. The summed E-state index contributed by atoms with van der Waals surface area (Å²) in [7, 11) is 0. The van der Waals surface area contributed by atoms with Gasteiger partial charge in [0.15, 0.2) is 10.8 Å². The summed E-state index contributed by atoms with van der Waals surface area (Å²) in [5, 5.41) is 8.12. The summed E-state index contributed by atoms with van der Waals surface area (Å²) in [6, 6.07) is 5.59. The molecule has 5 rings (SSSR count). The summed E-state index contributed by atoms with van der Waals surface area (Å²) in [4.78, 5) is 30.1. The second-order valence-corrected chi connectivity index (χ2v) is 8.43. The van der Waals surface area contributed by atoms with Crippen molar-refractivity contribution in [1.29, 1.82) is 0 Å². The molecule has 1 N–H and O–H groups in total. The van der Waals surface area contributed by atoms with Crippen molar-refractivity contribution in [2.24, 2.45) is 0 Å². The number of hydrogen-bond acceptors (Lipinski definition) is 6. The monoisotopic (exact) mass is 429 g/mol. The quantitative estimate of drug-likeness (QED) is 0.625. The Bertz CT molecular complexity index is 1150. The molecule has 156 valence electrons. The van der Waals surface area contributed by atoms with Gasteiger partial charge in [0.1, 0.15) is 11.2 Å². The molecule has 0 unspecified atom stereocenters. The minimum absolute atomic E-state index is 0.0838. The minimum Gasteiger partial charge on any atom is -0.376 e. The van der Waals surface area contributed by atoms with E-state index in [9.17, 15) is 14.0 Å². The molecule has 3 aromatic rings. The number of fused-ring (bicyclic) bond motifs is 2. The molecule has 1 fully saturated rings. The number of nitrogens with zero attached hydrogens (tertiary/aromatic N) is 4. The predicted octanol–water partition coefficient (Wildman–Crippen LogP) is 2.05. The zero-order valence-electron chi connectivity index (χ0n) is 16.1. The van der Waals surface area contributed by atoms with E-state index in [0.717, 1.165) is 19.4 Å². The molecule has 1 aromatic carbocycles. The van der Waals surface area contributed by atoms with Gasteiger partial charge in [0, 0.05) is 25.3 Å². The number of carbonyl (C=O) groups is 1. The molecule has 0 bridgehead atoms. The summed E-state index contributed by atoms with van der Waals surface area (Å²) in [6.45, 7) is 1.25. The van der Waals surface area contributed by atoms with E-state index in [-0.39, 0.29) is 35.9 Å². The zero-order valence-corrected chi connectivity index (χ0v) is 16.9. The van der Waals surface area contributed by atoms with Gasteiger partial charge in [-0.05, 0) is 37.1 Å². The standard InChI is InChI=1S/C20H20FN5O3S/c21-12-3-5-13(6-4-12)26-18-16(10-23-26)19(28)25-14(11-30-20(25)24-18)8-17(27)22-9-15-2-1-7-29-15/h3-6,10,14-15H,1-2,7-9,11H2,(H,22,27)/t14-,15-/m1/s1. The van der Waals surface area contributed by atoms with E-state index in [2.05, 4.69) is 15.4 Å². The first-order chi connectivity index (χ1) is 14.6. The molecule has 0 radical (unpaired) electrons. The lowest BCUT2D eigenvalue weighted by Gasteiger charge is -2.15. The van der Waals surface area contributed by atoms with E-state index in [1.807, 2.05) is 0 Å². The van der Waals surface area contributed by atoms with Gasteiger partial charge in [-0.15, -0.1) is 0 Å². The molecular formula is C20H20FN5O3S. The summed E-state index contributed by atoms with van der Waals surface area (Å²) in [6.07, 6.45) is 3.75. The fraction of sp³-hybridized carbons (Fsp3) is 0.400. The number of ether oxygens (including phenoxy) is 1. The maximum absolute atomic E-state index is 13.2. The fourth-order valence-corrected chi connectivity index (χ4v) is 5.00. The molecule has 8 nitrogen and oxygen atoms in total. The van der Waals surface area contributed by atoms with E-state index >= 15 is 0 Å². The highest BCUT2D eigenvalue weighted by atomic mass is 32.2. The van der Waals surface area contributed by atoms with Crippen molar-refractivity contribution < 1.29 is 13.9 Å². The van der Waals surface area contributed by atoms with E-state index in [4.69, 9.17) is 4.74 Å². The van der Waals surface area contributed by atoms with Crippen LogP contribution in [0.4, 0.5) is 4.39 Å². The van der Waals surface area contributed by atoms with E-state index in [0.29, 0.717) is 34.2 Å². The van der Waals surface area contributed by atoms with Crippen LogP contribution in [0.5, 0.6) is 0 Å². The number of benzene rings is 1. The molecule has 2 aliphatic heterocycles. The SMILES string of the molecule is O=C(C[C@@H]1CSc2nc3c(cnn3-c3ccc(F)cc3)c(=O)n21)NC[C@H]1CCCO1. The fourth-order valence-electron chi connectivity index (χ4n) is 3.87. The Labute approximate surface area is 175 Å². The van der Waals surface area contributed by atoms with Gasteiger partial charge in [0.2, 0.25) is 5.91 Å². The molecule has 30 heavy (non-hydrogen) atoms. The predicted molar refractivity (Wildman–Crippen MR) is 109 cm³/mol. The van der Waals surface area contributed by atoms with Crippen LogP contribution in [-0.2, 0) is 9.53 Å². The van der Waals surface area contributed by atoms with Crippen LogP contribution in [0.3, 0.4) is 0 Å². The van der Waals surface area contributed by atoms with Crippen LogP contribution in [0.1, 0.15) is 25.3 Å². The van der Waals surface area contributed by atoms with Crippen molar-refractivity contribution in [3.8, 4) is 5.69 Å². The second kappa shape index (κ2) is 7.84. The lowest BCUT2D eigenvalue weighted by Crippen LogP contribution is -2.34. The number of nitrogens with one attached hydrogen (secondary N) is 1. The average molecular weight is 429 g/mol. The smallest absolute Gasteiger partial charge is 0.265 e. The highest BCUT2D eigenvalue weighted by molar-refractivity contribution is 7.99. The number of halogens is 1. The van der Waals surface area contributed by atoms with Crippen LogP contribution >= 0.6 is 11.8 Å². The Morgan fingerprint density at radius 2 is 2.17 bits per heavy atom. The number of carbonyl (C=O) groups excluding carboxylic acids is 1. The molecule has 2 aromatic heterocycles. The molecule has 2 aliphatic rings. The first-order valence-corrected chi connectivity index (χ1v) is 10.9. The van der Waals surface area contributed by atoms with Gasteiger partial charge in [-0.25, -0.2) is 14.1 Å². The third-order valence-corrected chi connectivity index (χ3v) is 6.51. The van der Waals surface area contributed by atoms with Crippen LogP contribution in [0.15, 0.2) is 40.4 Å². The van der Waals surface area contributed by atoms with Gasteiger partial charge in [-0.1, -0.05) is 11.8 Å². The molecule has 1 amide bonds. The Kier molecular flexibility index (Phi) is 5.03. The van der Waals surface area contributed by atoms with E-state index in [1.54, 1.807) is 16.7 Å². The maximum atomic E-state index is 13.2. The van der Waals surface area contributed by atoms with Crippen molar-refractivity contribution in [1.82, 2.24) is 24.6 Å². The molecular weight excluding hydrogens is 409 g/mol. The van der Waals surface area contributed by atoms with Crippen LogP contribution in [0.2, 0.25) is 0 Å². The normalized spacial score (nSPS) is 20.6. The van der Waals surface area contributed by atoms with Crippen molar-refractivity contribution >= 4 is 28.7 Å². The van der Waals surface area contributed by atoms with E-state index in [1.165, 1.54) is 34.8 Å². The number of amides is 1. The van der Waals surface area contributed by atoms with Crippen molar-refractivity contribution in [2.45, 2.75) is 36.6 Å². The Morgan fingerprint density at radius 1 is 1.33 bits per heavy atom. The molecule has 4 heterocycles. The topological polar surface area (TPSA) is 91.0 Å². The van der Waals surface area contributed by atoms with Crippen molar-refractivity contribution in [3.05, 3.63) is 46.6 Å². The van der Waals surface area contributed by atoms with Gasteiger partial charge in [-0.3, -0.25) is 14.2 Å². The number of hydrogen-bond donors (Lipinski definition) is 1. The van der Waals surface area contributed by atoms with Gasteiger partial charge < -0.3 is 10.1 Å². The number of aromatic nitrogens is 4. The van der Waals surface area contributed by atoms with Crippen LogP contribution in [0, 0.1) is 5.82 Å². The molecule has 2 atom stereocenters. The third kappa shape index (κ3) is 3.50. The number of rotatable bonds is 5. The first kappa shape index (κ1) is 19.3. The van der Waals surface area contributed by atoms with Gasteiger partial charge >= 0.3 is 0 Å². The maximum Gasteiger partial charge on any atom is 0.265 e. The lowest BCUT2D eigenvalue weighted by molar-refractivity contribution is -0.122. The third-order valence-electron chi connectivity index (χ3n) is 5.41. The first-order valence-electron chi connectivity index (χ1n) is 9.87. The number of thioether (sulfide) groups is 1. The Morgan fingerprint density at radius 3 is 2.93 bits per heavy atom. The molecule has 10 heteroatoms.